The van der Waals surface area contributed by atoms with Crippen LogP contribution in [0.3, 0.4) is 0 Å². The molecule has 84 valence electrons. The molecule has 1 atom stereocenters. The molecule has 0 aromatic rings. The first-order valence-electron chi connectivity index (χ1n) is 5.16. The SMILES string of the molecule is CCCCC[C@@H](O)/C=C/C(OC)OC. The van der Waals surface area contributed by atoms with Crippen molar-refractivity contribution >= 4 is 0 Å². The topological polar surface area (TPSA) is 38.7 Å². The Morgan fingerprint density at radius 1 is 1.14 bits per heavy atom. The number of aliphatic hydroxyl groups is 1. The molecule has 0 unspecified atom stereocenters. The molecule has 0 saturated heterocycles. The van der Waals surface area contributed by atoms with Crippen molar-refractivity contribution in [3.63, 3.8) is 0 Å². The predicted octanol–water partition coefficient (Wildman–Crippen LogP) is 2.10. The van der Waals surface area contributed by atoms with Crippen molar-refractivity contribution in [1.82, 2.24) is 0 Å². The van der Waals surface area contributed by atoms with Gasteiger partial charge in [-0.25, -0.2) is 0 Å². The molecule has 0 rings (SSSR count). The van der Waals surface area contributed by atoms with Gasteiger partial charge in [-0.15, -0.1) is 0 Å². The molecule has 0 saturated carbocycles. The maximum atomic E-state index is 9.52. The Morgan fingerprint density at radius 3 is 2.29 bits per heavy atom. The summed E-state index contributed by atoms with van der Waals surface area (Å²) >= 11 is 0. The Bertz CT molecular complexity index is 141. The lowest BCUT2D eigenvalue weighted by atomic mass is 10.1. The summed E-state index contributed by atoms with van der Waals surface area (Å²) < 4.78 is 9.91. The van der Waals surface area contributed by atoms with E-state index in [1.165, 1.54) is 12.8 Å². The minimum atomic E-state index is -0.380. The van der Waals surface area contributed by atoms with Gasteiger partial charge in [-0.2, -0.15) is 0 Å². The van der Waals surface area contributed by atoms with E-state index in [1.54, 1.807) is 26.4 Å². The summed E-state index contributed by atoms with van der Waals surface area (Å²) in [5.41, 5.74) is 0. The van der Waals surface area contributed by atoms with E-state index in [9.17, 15) is 5.11 Å². The van der Waals surface area contributed by atoms with Crippen molar-refractivity contribution in [2.24, 2.45) is 0 Å². The van der Waals surface area contributed by atoms with Crippen LogP contribution in [-0.2, 0) is 9.47 Å². The zero-order valence-electron chi connectivity index (χ0n) is 9.40. The molecule has 0 fully saturated rings. The number of ether oxygens (including phenoxy) is 2. The third kappa shape index (κ3) is 7.06. The lowest BCUT2D eigenvalue weighted by Gasteiger charge is -2.09. The van der Waals surface area contributed by atoms with Crippen molar-refractivity contribution in [3.8, 4) is 0 Å². The maximum Gasteiger partial charge on any atom is 0.176 e. The van der Waals surface area contributed by atoms with E-state index < -0.39 is 0 Å². The summed E-state index contributed by atoms with van der Waals surface area (Å²) in [5, 5.41) is 9.52. The smallest absolute Gasteiger partial charge is 0.176 e. The minimum absolute atomic E-state index is 0.351. The quantitative estimate of drug-likeness (QED) is 0.372. The highest BCUT2D eigenvalue weighted by atomic mass is 16.7. The van der Waals surface area contributed by atoms with Gasteiger partial charge < -0.3 is 14.6 Å². The van der Waals surface area contributed by atoms with Crippen LogP contribution in [0.2, 0.25) is 0 Å². The van der Waals surface area contributed by atoms with E-state index in [-0.39, 0.29) is 12.4 Å². The average molecular weight is 202 g/mol. The largest absolute Gasteiger partial charge is 0.389 e. The van der Waals surface area contributed by atoms with Crippen LogP contribution in [0.25, 0.3) is 0 Å². The van der Waals surface area contributed by atoms with Crippen molar-refractivity contribution in [2.75, 3.05) is 14.2 Å². The third-order valence-corrected chi connectivity index (χ3v) is 2.06. The molecule has 0 spiro atoms. The van der Waals surface area contributed by atoms with Crippen LogP contribution in [0.15, 0.2) is 12.2 Å². The monoisotopic (exact) mass is 202 g/mol. The highest BCUT2D eigenvalue weighted by Crippen LogP contribution is 2.05. The maximum absolute atomic E-state index is 9.52. The van der Waals surface area contributed by atoms with Crippen molar-refractivity contribution < 1.29 is 14.6 Å². The molecular weight excluding hydrogens is 180 g/mol. The van der Waals surface area contributed by atoms with E-state index in [2.05, 4.69) is 6.92 Å². The molecule has 14 heavy (non-hydrogen) atoms. The number of hydrogen-bond donors (Lipinski definition) is 1. The molecule has 0 aromatic heterocycles. The van der Waals surface area contributed by atoms with Gasteiger partial charge >= 0.3 is 0 Å². The van der Waals surface area contributed by atoms with Crippen molar-refractivity contribution in [3.05, 3.63) is 12.2 Å². The second kappa shape index (κ2) is 9.19. The number of methoxy groups -OCH3 is 2. The molecule has 3 heteroatoms. The Labute approximate surface area is 86.7 Å². The molecule has 1 N–H and O–H groups in total. The summed E-state index contributed by atoms with van der Waals surface area (Å²) in [6.07, 6.45) is 6.95. The number of unbranched alkanes of at least 4 members (excludes halogenated alkanes) is 2. The summed E-state index contributed by atoms with van der Waals surface area (Å²) in [6.45, 7) is 2.15. The van der Waals surface area contributed by atoms with Crippen LogP contribution in [0.5, 0.6) is 0 Å². The number of aliphatic hydroxyl groups excluding tert-OH is 1. The van der Waals surface area contributed by atoms with Crippen LogP contribution in [0.1, 0.15) is 32.6 Å². The zero-order valence-corrected chi connectivity index (χ0v) is 9.40. The van der Waals surface area contributed by atoms with Crippen LogP contribution in [0, 0.1) is 0 Å². The Kier molecular flexibility index (Phi) is 8.94. The van der Waals surface area contributed by atoms with Gasteiger partial charge in [0, 0.05) is 14.2 Å². The van der Waals surface area contributed by atoms with Crippen LogP contribution >= 0.6 is 0 Å². The van der Waals surface area contributed by atoms with E-state index in [0.717, 1.165) is 12.8 Å². The van der Waals surface area contributed by atoms with Crippen LogP contribution in [-0.4, -0.2) is 31.7 Å². The predicted molar refractivity (Wildman–Crippen MR) is 57.1 cm³/mol. The highest BCUT2D eigenvalue weighted by molar-refractivity contribution is 4.90. The van der Waals surface area contributed by atoms with Gasteiger partial charge in [0.05, 0.1) is 6.10 Å². The van der Waals surface area contributed by atoms with E-state index in [1.807, 2.05) is 0 Å². The second-order valence-electron chi connectivity index (χ2n) is 3.29. The lowest BCUT2D eigenvalue weighted by Crippen LogP contribution is -2.11. The summed E-state index contributed by atoms with van der Waals surface area (Å²) in [4.78, 5) is 0. The molecule has 0 aromatic carbocycles. The van der Waals surface area contributed by atoms with Gasteiger partial charge in [-0.3, -0.25) is 0 Å². The number of rotatable bonds is 8. The first kappa shape index (κ1) is 13.6. The fraction of sp³-hybridized carbons (Fsp3) is 0.818. The minimum Gasteiger partial charge on any atom is -0.389 e. The Hall–Kier alpha value is -0.380. The van der Waals surface area contributed by atoms with Gasteiger partial charge in [0.25, 0.3) is 0 Å². The first-order chi connectivity index (χ1) is 6.74. The molecule has 0 radical (unpaired) electrons. The molecule has 0 aliphatic carbocycles. The number of hydrogen-bond acceptors (Lipinski definition) is 3. The fourth-order valence-electron chi connectivity index (χ4n) is 1.17. The molecule has 0 bridgehead atoms. The van der Waals surface area contributed by atoms with E-state index in [4.69, 9.17) is 9.47 Å². The summed E-state index contributed by atoms with van der Waals surface area (Å²) in [7, 11) is 3.14. The highest BCUT2D eigenvalue weighted by Gasteiger charge is 2.01. The Balaban J connectivity index is 3.62. The molecule has 0 aliphatic rings. The van der Waals surface area contributed by atoms with Gasteiger partial charge in [-0.05, 0) is 12.5 Å². The fourth-order valence-corrected chi connectivity index (χ4v) is 1.17. The molecular formula is C11H22O3. The first-order valence-corrected chi connectivity index (χ1v) is 5.16. The normalized spacial score (nSPS) is 14.1. The lowest BCUT2D eigenvalue weighted by molar-refractivity contribution is -0.0671. The third-order valence-electron chi connectivity index (χ3n) is 2.06. The molecule has 0 amide bonds. The van der Waals surface area contributed by atoms with Gasteiger partial charge in [0.15, 0.2) is 6.29 Å². The van der Waals surface area contributed by atoms with Gasteiger partial charge in [0.2, 0.25) is 0 Å². The molecule has 0 heterocycles. The average Bonchev–Trinajstić information content (AvgIpc) is 2.20. The van der Waals surface area contributed by atoms with Gasteiger partial charge in [-0.1, -0.05) is 32.3 Å². The van der Waals surface area contributed by atoms with Crippen LogP contribution < -0.4 is 0 Å². The summed E-state index contributed by atoms with van der Waals surface area (Å²) in [6, 6.07) is 0. The standard InChI is InChI=1S/C11H22O3/c1-4-5-6-7-10(12)8-9-11(13-2)14-3/h8-12H,4-7H2,1-3H3/b9-8+/t10-/m1/s1. The summed E-state index contributed by atoms with van der Waals surface area (Å²) in [5.74, 6) is 0. The van der Waals surface area contributed by atoms with E-state index >= 15 is 0 Å². The van der Waals surface area contributed by atoms with Crippen molar-refractivity contribution in [2.45, 2.75) is 45.0 Å². The molecule has 0 aliphatic heterocycles. The zero-order chi connectivity index (χ0) is 10.8. The van der Waals surface area contributed by atoms with Crippen molar-refractivity contribution in [1.29, 1.82) is 0 Å². The van der Waals surface area contributed by atoms with Gasteiger partial charge in [0.1, 0.15) is 0 Å². The second-order valence-corrected chi connectivity index (χ2v) is 3.29. The Morgan fingerprint density at radius 2 is 1.79 bits per heavy atom. The van der Waals surface area contributed by atoms with E-state index in [0.29, 0.717) is 0 Å². The molecule has 3 nitrogen and oxygen atoms in total. The van der Waals surface area contributed by atoms with Crippen LogP contribution in [0.4, 0.5) is 0 Å².